The quantitative estimate of drug-likeness (QED) is 0.419. The molecule has 12 heavy (non-hydrogen) atoms. The normalized spacial score (nSPS) is 11.2. The Morgan fingerprint density at radius 1 is 1.50 bits per heavy atom. The van der Waals surface area contributed by atoms with Gasteiger partial charge in [-0.15, -0.1) is 0 Å². The van der Waals surface area contributed by atoms with Gasteiger partial charge in [0.1, 0.15) is 0 Å². The minimum absolute atomic E-state index is 0.770. The molecular weight excluding hydrogens is 169 g/mol. The van der Waals surface area contributed by atoms with Gasteiger partial charge < -0.3 is 9.09 Å². The van der Waals surface area contributed by atoms with Crippen LogP contribution in [0.4, 0.5) is 4.11 Å². The first-order valence-electron chi connectivity index (χ1n) is 4.15. The van der Waals surface area contributed by atoms with Crippen LogP contribution >= 0.6 is 0 Å². The topological polar surface area (TPSA) is 12.0 Å². The minimum Gasteiger partial charge on any atom is -0.317 e. The van der Waals surface area contributed by atoms with E-state index in [1.807, 2.05) is 6.07 Å². The first kappa shape index (κ1) is 9.42. The van der Waals surface area contributed by atoms with Crippen molar-refractivity contribution in [3.05, 3.63) is 35.4 Å². The van der Waals surface area contributed by atoms with Crippen LogP contribution in [0.15, 0.2) is 24.3 Å². The van der Waals surface area contributed by atoms with Crippen LogP contribution < -0.4 is 4.98 Å². The van der Waals surface area contributed by atoms with Crippen molar-refractivity contribution in [1.29, 1.82) is 0 Å². The van der Waals surface area contributed by atoms with Gasteiger partial charge in [-0.25, -0.2) is 0 Å². The molecule has 66 valence electrons. The molecule has 0 aromatic heterocycles. The lowest BCUT2D eigenvalue weighted by Crippen LogP contribution is -2.18. The van der Waals surface area contributed by atoms with Crippen LogP contribution in [0.1, 0.15) is 11.1 Å². The van der Waals surface area contributed by atoms with Gasteiger partial charge in [0.2, 0.25) is 0 Å². The summed E-state index contributed by atoms with van der Waals surface area (Å²) in [4.78, 5) is 2.79. The Morgan fingerprint density at radius 3 is 3.00 bits per heavy atom. The van der Waals surface area contributed by atoms with E-state index in [-0.39, 0.29) is 0 Å². The molecule has 0 unspecified atom stereocenters. The van der Waals surface area contributed by atoms with Gasteiger partial charge in [0.05, 0.1) is 0 Å². The first-order valence-corrected chi connectivity index (χ1v) is 5.39. The van der Waals surface area contributed by atoms with Crippen molar-refractivity contribution in [2.24, 2.45) is 0 Å². The Labute approximate surface area is 75.1 Å². The highest BCUT2D eigenvalue weighted by Crippen LogP contribution is 2.03. The smallest absolute Gasteiger partial charge is 0.289 e. The van der Waals surface area contributed by atoms with Crippen LogP contribution in [0.2, 0.25) is 0 Å². The van der Waals surface area contributed by atoms with Crippen molar-refractivity contribution in [2.45, 2.75) is 13.3 Å². The zero-order chi connectivity index (χ0) is 8.81. The average Bonchev–Trinajstić information content (AvgIpc) is 2.05. The molecule has 1 nitrogen and oxygen atoms in total. The molecule has 0 saturated carbocycles. The summed E-state index contributed by atoms with van der Waals surface area (Å²) >= 11 is 0. The maximum absolute atomic E-state index is 11.8. The van der Waals surface area contributed by atoms with Crippen LogP contribution in [0, 0.1) is 6.92 Å². The highest BCUT2D eigenvalue weighted by atomic mass is 28.3. The van der Waals surface area contributed by atoms with Crippen LogP contribution in [-0.2, 0) is 6.42 Å². The van der Waals surface area contributed by atoms with Crippen molar-refractivity contribution in [3.63, 3.8) is 0 Å². The molecule has 0 saturated heterocycles. The molecule has 0 aliphatic rings. The summed E-state index contributed by atoms with van der Waals surface area (Å²) in [6, 6.07) is 8.33. The van der Waals surface area contributed by atoms with Gasteiger partial charge in [-0.1, -0.05) is 29.8 Å². The van der Waals surface area contributed by atoms with Crippen molar-refractivity contribution < 1.29 is 4.11 Å². The molecule has 0 bridgehead atoms. The summed E-state index contributed by atoms with van der Waals surface area (Å²) in [5.41, 5.74) is 2.55. The Kier molecular flexibility index (Phi) is 3.97. The van der Waals surface area contributed by atoms with Crippen molar-refractivity contribution in [2.75, 3.05) is 6.54 Å². The maximum atomic E-state index is 11.8. The number of aryl methyl sites for hydroxylation is 1. The van der Waals surface area contributed by atoms with Crippen molar-refractivity contribution >= 4 is 10.0 Å². The number of halogens is 1. The standard InChI is InChI=1S/C9H14FNSi/c1-8-3-2-4-9(7-8)5-6-11-12-10/h2-4,7,11H,5-6,12H2,1H3. The molecule has 0 heterocycles. The molecular formula is C9H14FNSi. The Balaban J connectivity index is 2.41. The largest absolute Gasteiger partial charge is 0.317 e. The number of hydrogen-bond donors (Lipinski definition) is 1. The van der Waals surface area contributed by atoms with Crippen LogP contribution in [0.3, 0.4) is 0 Å². The van der Waals surface area contributed by atoms with Crippen LogP contribution in [0.25, 0.3) is 0 Å². The predicted octanol–water partition coefficient (Wildman–Crippen LogP) is 1.10. The summed E-state index contributed by atoms with van der Waals surface area (Å²) < 4.78 is 11.8. The Morgan fingerprint density at radius 2 is 2.33 bits per heavy atom. The lowest BCUT2D eigenvalue weighted by Gasteiger charge is -2.01. The molecule has 1 N–H and O–H groups in total. The third-order valence-electron chi connectivity index (χ3n) is 1.77. The van der Waals surface area contributed by atoms with Gasteiger partial charge >= 0.3 is 0 Å². The van der Waals surface area contributed by atoms with Crippen molar-refractivity contribution in [3.8, 4) is 0 Å². The molecule has 1 rings (SSSR count). The first-order chi connectivity index (χ1) is 5.83. The molecule has 0 spiro atoms. The molecule has 1 aromatic carbocycles. The van der Waals surface area contributed by atoms with Crippen LogP contribution in [0.5, 0.6) is 0 Å². The second-order valence-corrected chi connectivity index (χ2v) is 3.64. The third-order valence-corrected chi connectivity index (χ3v) is 2.31. The zero-order valence-electron chi connectivity index (χ0n) is 7.31. The number of rotatable bonds is 4. The molecule has 0 aliphatic carbocycles. The van der Waals surface area contributed by atoms with Gasteiger partial charge in [-0.2, -0.15) is 0 Å². The van der Waals surface area contributed by atoms with E-state index in [9.17, 15) is 4.11 Å². The third kappa shape index (κ3) is 3.15. The number of benzene rings is 1. The molecule has 0 radical (unpaired) electrons. The fraction of sp³-hybridized carbons (Fsp3) is 0.333. The highest BCUT2D eigenvalue weighted by Gasteiger charge is 1.92. The van der Waals surface area contributed by atoms with E-state index in [1.165, 1.54) is 11.1 Å². The highest BCUT2D eigenvalue weighted by molar-refractivity contribution is 6.22. The molecule has 0 atom stereocenters. The van der Waals surface area contributed by atoms with E-state index in [2.05, 4.69) is 30.1 Å². The van der Waals surface area contributed by atoms with Gasteiger partial charge in [0.25, 0.3) is 10.0 Å². The van der Waals surface area contributed by atoms with Gasteiger partial charge in [-0.05, 0) is 25.5 Å². The fourth-order valence-electron chi connectivity index (χ4n) is 1.17. The molecule has 0 aliphatic heterocycles. The van der Waals surface area contributed by atoms with E-state index in [4.69, 9.17) is 0 Å². The average molecular weight is 183 g/mol. The number of nitrogens with one attached hydrogen (secondary N) is 1. The summed E-state index contributed by atoms with van der Waals surface area (Å²) in [6.07, 6.45) is 0.929. The van der Waals surface area contributed by atoms with Crippen molar-refractivity contribution in [1.82, 2.24) is 4.98 Å². The molecule has 0 fully saturated rings. The number of hydrogen-bond acceptors (Lipinski definition) is 1. The molecule has 3 heteroatoms. The second kappa shape index (κ2) is 5.06. The van der Waals surface area contributed by atoms with Gasteiger partial charge in [0, 0.05) is 0 Å². The molecule has 1 aromatic rings. The Bertz CT molecular complexity index is 240. The summed E-state index contributed by atoms with van der Waals surface area (Å²) in [6.45, 7) is 2.84. The lowest BCUT2D eigenvalue weighted by molar-refractivity contribution is 0.784. The van der Waals surface area contributed by atoms with E-state index in [0.29, 0.717) is 0 Å². The second-order valence-electron chi connectivity index (χ2n) is 2.87. The monoisotopic (exact) mass is 183 g/mol. The maximum Gasteiger partial charge on any atom is 0.289 e. The predicted molar refractivity (Wildman–Crippen MR) is 52.5 cm³/mol. The van der Waals surface area contributed by atoms with Gasteiger partial charge in [0.15, 0.2) is 0 Å². The van der Waals surface area contributed by atoms with E-state index in [1.54, 1.807) is 0 Å². The summed E-state index contributed by atoms with van der Waals surface area (Å²) in [5.74, 6) is 0. The SMILES string of the molecule is Cc1cccc(CCN[SiH2]F)c1. The van der Waals surface area contributed by atoms with E-state index in [0.717, 1.165) is 13.0 Å². The minimum atomic E-state index is -1.46. The lowest BCUT2D eigenvalue weighted by atomic mass is 10.1. The fourth-order valence-corrected chi connectivity index (χ4v) is 1.48. The summed E-state index contributed by atoms with van der Waals surface area (Å²) in [7, 11) is -1.46. The zero-order valence-corrected chi connectivity index (χ0v) is 8.72. The van der Waals surface area contributed by atoms with Gasteiger partial charge in [-0.3, -0.25) is 0 Å². The van der Waals surface area contributed by atoms with Crippen LogP contribution in [-0.4, -0.2) is 16.6 Å². The molecule has 0 amide bonds. The van der Waals surface area contributed by atoms with E-state index < -0.39 is 10.0 Å². The Hall–Kier alpha value is -0.673. The summed E-state index contributed by atoms with van der Waals surface area (Å²) in [5, 5.41) is 0. The van der Waals surface area contributed by atoms with E-state index >= 15 is 0 Å².